The van der Waals surface area contributed by atoms with Gasteiger partial charge < -0.3 is 15.8 Å². The van der Waals surface area contributed by atoms with E-state index in [4.69, 9.17) is 5.73 Å². The summed E-state index contributed by atoms with van der Waals surface area (Å²) in [5, 5.41) is 4.87. The molecule has 0 bridgehead atoms. The monoisotopic (exact) mass is 405 g/mol. The minimum atomic E-state index is -2.92. The highest BCUT2D eigenvalue weighted by molar-refractivity contribution is 7.14. The van der Waals surface area contributed by atoms with Crippen LogP contribution in [0.25, 0.3) is 11.3 Å². The van der Waals surface area contributed by atoms with E-state index in [0.29, 0.717) is 29.2 Å². The van der Waals surface area contributed by atoms with Crippen LogP contribution in [0.5, 0.6) is 5.75 Å². The Morgan fingerprint density at radius 1 is 1.35 bits per heavy atom. The number of nitrogens with two attached hydrogens (primary N) is 1. The van der Waals surface area contributed by atoms with Crippen molar-refractivity contribution in [2.24, 2.45) is 11.1 Å². The number of hydrogen-bond donors (Lipinski definition) is 2. The zero-order valence-corrected chi connectivity index (χ0v) is 16.1. The van der Waals surface area contributed by atoms with E-state index in [1.54, 1.807) is 23.6 Å². The number of aromatic nitrogens is 1. The van der Waals surface area contributed by atoms with E-state index in [9.17, 15) is 13.6 Å². The molecule has 0 saturated carbocycles. The summed E-state index contributed by atoms with van der Waals surface area (Å²) >= 11 is 1.22. The normalized spacial score (nSPS) is 11.2. The number of halogens is 3. The van der Waals surface area contributed by atoms with Gasteiger partial charge in [0.05, 0.1) is 11.1 Å². The van der Waals surface area contributed by atoms with E-state index in [2.05, 4.69) is 15.0 Å². The Balaban J connectivity index is 0.00000338. The van der Waals surface area contributed by atoms with Crippen molar-refractivity contribution in [2.45, 2.75) is 33.3 Å². The summed E-state index contributed by atoms with van der Waals surface area (Å²) < 4.78 is 29.6. The molecule has 144 valence electrons. The lowest BCUT2D eigenvalue weighted by molar-refractivity contribution is -0.125. The van der Waals surface area contributed by atoms with Gasteiger partial charge in [-0.3, -0.25) is 4.79 Å². The summed E-state index contributed by atoms with van der Waals surface area (Å²) in [6, 6.07) is 6.40. The predicted molar refractivity (Wildman–Crippen MR) is 102 cm³/mol. The van der Waals surface area contributed by atoms with Gasteiger partial charge in [-0.25, -0.2) is 4.98 Å². The highest BCUT2D eigenvalue weighted by Gasteiger charge is 2.33. The second kappa shape index (κ2) is 9.80. The lowest BCUT2D eigenvalue weighted by Crippen LogP contribution is -2.41. The molecule has 2 aromatic rings. The molecule has 26 heavy (non-hydrogen) atoms. The quantitative estimate of drug-likeness (QED) is 0.676. The predicted octanol–water partition coefficient (Wildman–Crippen LogP) is 4.54. The van der Waals surface area contributed by atoms with Gasteiger partial charge in [0.1, 0.15) is 5.75 Å². The van der Waals surface area contributed by atoms with Crippen LogP contribution in [0.1, 0.15) is 26.7 Å². The molecule has 0 atom stereocenters. The Labute approximate surface area is 161 Å². The third kappa shape index (κ3) is 4.90. The highest BCUT2D eigenvalue weighted by Crippen LogP contribution is 2.34. The molecule has 1 aromatic carbocycles. The fourth-order valence-electron chi connectivity index (χ4n) is 2.51. The van der Waals surface area contributed by atoms with Crippen LogP contribution in [0.4, 0.5) is 13.9 Å². The molecule has 0 unspecified atom stereocenters. The number of benzene rings is 1. The molecular formula is C17H22ClF2N3O2S. The van der Waals surface area contributed by atoms with Crippen LogP contribution in [0.3, 0.4) is 0 Å². The van der Waals surface area contributed by atoms with Gasteiger partial charge in [-0.1, -0.05) is 26.0 Å². The van der Waals surface area contributed by atoms with Crippen molar-refractivity contribution < 1.29 is 18.3 Å². The first kappa shape index (κ1) is 22.3. The molecule has 0 fully saturated rings. The van der Waals surface area contributed by atoms with Crippen LogP contribution in [0.15, 0.2) is 29.6 Å². The fraction of sp³-hybridized carbons (Fsp3) is 0.412. The zero-order valence-electron chi connectivity index (χ0n) is 14.5. The number of alkyl halides is 2. The number of amides is 1. The van der Waals surface area contributed by atoms with Crippen molar-refractivity contribution >= 4 is 34.8 Å². The number of carbonyl (C=O) groups excluding carboxylic acids is 1. The lowest BCUT2D eigenvalue weighted by atomic mass is 9.81. The summed E-state index contributed by atoms with van der Waals surface area (Å²) in [4.78, 5) is 16.9. The molecule has 0 radical (unpaired) electrons. The first-order chi connectivity index (χ1) is 12.0. The van der Waals surface area contributed by atoms with Gasteiger partial charge in [-0.15, -0.1) is 23.7 Å². The van der Waals surface area contributed by atoms with Crippen LogP contribution < -0.4 is 15.8 Å². The van der Waals surface area contributed by atoms with Crippen LogP contribution in [-0.2, 0) is 4.79 Å². The van der Waals surface area contributed by atoms with Crippen molar-refractivity contribution in [2.75, 3.05) is 11.9 Å². The van der Waals surface area contributed by atoms with E-state index in [1.807, 2.05) is 13.8 Å². The molecular weight excluding hydrogens is 384 g/mol. The van der Waals surface area contributed by atoms with Crippen molar-refractivity contribution in [3.63, 3.8) is 0 Å². The van der Waals surface area contributed by atoms with E-state index in [0.717, 1.165) is 0 Å². The number of hydrogen-bond acceptors (Lipinski definition) is 5. The Hall–Kier alpha value is -1.77. The van der Waals surface area contributed by atoms with Crippen molar-refractivity contribution in [1.82, 2.24) is 4.98 Å². The maximum absolute atomic E-state index is 12.5. The largest absolute Gasteiger partial charge is 0.434 e. The number of anilines is 1. The molecule has 3 N–H and O–H groups in total. The number of carbonyl (C=O) groups is 1. The zero-order chi connectivity index (χ0) is 18.4. The lowest BCUT2D eigenvalue weighted by Gasteiger charge is -2.27. The molecule has 0 aliphatic carbocycles. The molecule has 0 aliphatic rings. The highest BCUT2D eigenvalue weighted by atomic mass is 35.5. The molecule has 0 spiro atoms. The number of thiazole rings is 1. The second-order valence-electron chi connectivity index (χ2n) is 5.56. The van der Waals surface area contributed by atoms with Crippen molar-refractivity contribution in [3.8, 4) is 17.0 Å². The molecule has 0 aliphatic heterocycles. The van der Waals surface area contributed by atoms with Gasteiger partial charge in [-0.2, -0.15) is 8.78 Å². The van der Waals surface area contributed by atoms with Crippen LogP contribution in [0, 0.1) is 5.41 Å². The number of para-hydroxylation sites is 1. The van der Waals surface area contributed by atoms with Gasteiger partial charge in [-0.05, 0) is 25.0 Å². The number of ether oxygens (including phenoxy) is 1. The average molecular weight is 406 g/mol. The third-order valence-corrected chi connectivity index (χ3v) is 5.09. The van der Waals surface area contributed by atoms with E-state index in [-0.39, 0.29) is 30.6 Å². The minimum absolute atomic E-state index is 0. The maximum Gasteiger partial charge on any atom is 0.387 e. The molecule has 0 saturated heterocycles. The molecule has 2 rings (SSSR count). The first-order valence-corrected chi connectivity index (χ1v) is 8.85. The summed E-state index contributed by atoms with van der Waals surface area (Å²) in [6.07, 6.45) is 1.24. The summed E-state index contributed by atoms with van der Waals surface area (Å²) in [5.74, 6) is -0.142. The van der Waals surface area contributed by atoms with Gasteiger partial charge in [0, 0.05) is 17.5 Å². The van der Waals surface area contributed by atoms with Gasteiger partial charge in [0.15, 0.2) is 5.13 Å². The van der Waals surface area contributed by atoms with Crippen LogP contribution >= 0.6 is 23.7 Å². The maximum atomic E-state index is 12.5. The van der Waals surface area contributed by atoms with Gasteiger partial charge in [0.2, 0.25) is 5.91 Å². The third-order valence-electron chi connectivity index (χ3n) is 4.33. The Kier molecular flexibility index (Phi) is 8.39. The molecule has 9 heteroatoms. The molecule has 5 nitrogen and oxygen atoms in total. The summed E-state index contributed by atoms with van der Waals surface area (Å²) in [6.45, 7) is 1.16. The Morgan fingerprint density at radius 2 is 2.00 bits per heavy atom. The summed E-state index contributed by atoms with van der Waals surface area (Å²) in [5.41, 5.74) is 6.05. The number of nitrogens with zero attached hydrogens (tertiary/aromatic N) is 1. The fourth-order valence-corrected chi connectivity index (χ4v) is 3.22. The van der Waals surface area contributed by atoms with E-state index < -0.39 is 12.0 Å². The van der Waals surface area contributed by atoms with Crippen LogP contribution in [-0.4, -0.2) is 24.0 Å². The molecule has 1 aromatic heterocycles. The Bertz CT molecular complexity index is 715. The molecule has 1 amide bonds. The second-order valence-corrected chi connectivity index (χ2v) is 6.42. The first-order valence-electron chi connectivity index (χ1n) is 7.97. The molecule has 1 heterocycles. The van der Waals surface area contributed by atoms with E-state index in [1.165, 1.54) is 17.4 Å². The SMILES string of the molecule is CCC(CC)(CN)C(=O)Nc1nc(-c2ccccc2OC(F)F)cs1.Cl. The van der Waals surface area contributed by atoms with Crippen LogP contribution in [0.2, 0.25) is 0 Å². The topological polar surface area (TPSA) is 77.2 Å². The average Bonchev–Trinajstić information content (AvgIpc) is 3.05. The number of rotatable bonds is 8. The van der Waals surface area contributed by atoms with E-state index >= 15 is 0 Å². The smallest absolute Gasteiger partial charge is 0.387 e. The van der Waals surface area contributed by atoms with Crippen molar-refractivity contribution in [1.29, 1.82) is 0 Å². The van der Waals surface area contributed by atoms with Gasteiger partial charge >= 0.3 is 6.61 Å². The van der Waals surface area contributed by atoms with Gasteiger partial charge in [0.25, 0.3) is 0 Å². The number of nitrogens with one attached hydrogen (secondary N) is 1. The summed E-state index contributed by atoms with van der Waals surface area (Å²) in [7, 11) is 0. The van der Waals surface area contributed by atoms with Crippen molar-refractivity contribution in [3.05, 3.63) is 29.6 Å². The minimum Gasteiger partial charge on any atom is -0.434 e. The standard InChI is InChI=1S/C17H21F2N3O2S.ClH/c1-3-17(4-2,10-20)14(23)22-16-21-12(9-25-16)11-7-5-6-8-13(11)24-15(18)19;/h5-9,15H,3-4,10,20H2,1-2H3,(H,21,22,23);1H. The Morgan fingerprint density at radius 3 is 2.58 bits per heavy atom.